The molecule has 2 bridgehead atoms. The first-order chi connectivity index (χ1) is 21.4. The summed E-state index contributed by atoms with van der Waals surface area (Å²) < 4.78 is 19.6. The van der Waals surface area contributed by atoms with E-state index >= 15 is 0 Å². The van der Waals surface area contributed by atoms with Crippen molar-refractivity contribution in [3.8, 4) is 11.5 Å². The third kappa shape index (κ3) is 9.35. The number of carboxylic acids is 2. The van der Waals surface area contributed by atoms with Gasteiger partial charge in [0.05, 0.1) is 22.7 Å². The molecule has 0 aromatic heterocycles. The van der Waals surface area contributed by atoms with Gasteiger partial charge in [0.1, 0.15) is 42.4 Å². The van der Waals surface area contributed by atoms with Crippen LogP contribution in [0.3, 0.4) is 0 Å². The first kappa shape index (κ1) is 38.3. The van der Waals surface area contributed by atoms with Crippen LogP contribution in [-0.4, -0.2) is 115 Å². The number of hydrogen-bond donors (Lipinski definition) is 10. The Labute approximate surface area is 267 Å². The summed E-state index contributed by atoms with van der Waals surface area (Å²) in [5.74, 6) is -7.46. The Kier molecular flexibility index (Phi) is 13.4. The first-order valence-corrected chi connectivity index (χ1v) is 15.7. The number of nitrogens with one attached hydrogen (secondary N) is 4. The number of fused-ring (bicyclic) bond motifs is 2. The molecule has 1 aliphatic rings. The van der Waals surface area contributed by atoms with Gasteiger partial charge in [0.15, 0.2) is 11.5 Å². The molecule has 18 heteroatoms. The summed E-state index contributed by atoms with van der Waals surface area (Å²) in [6, 6.07) is -3.68. The lowest BCUT2D eigenvalue weighted by Crippen LogP contribution is -2.65. The molecule has 0 saturated carbocycles. The molecule has 0 fully saturated rings. The number of phenolic OH excluding ortho intramolecular Hbond substituents is 1. The number of carboxylic acid groups (broad SMARTS) is 2. The van der Waals surface area contributed by atoms with Crippen molar-refractivity contribution in [3.63, 3.8) is 0 Å². The van der Waals surface area contributed by atoms with Gasteiger partial charge in [-0.15, -0.1) is 0 Å². The van der Waals surface area contributed by atoms with Crippen LogP contribution in [0.4, 0.5) is 0 Å². The summed E-state index contributed by atoms with van der Waals surface area (Å²) in [5, 5.41) is 61.0. The number of aliphatic hydroxyl groups is 2. The molecule has 1 aromatic rings. The van der Waals surface area contributed by atoms with Crippen LogP contribution in [0.15, 0.2) is 17.0 Å². The zero-order chi connectivity index (χ0) is 35.1. The van der Waals surface area contributed by atoms with E-state index in [0.717, 1.165) is 12.1 Å². The molecule has 46 heavy (non-hydrogen) atoms. The highest BCUT2D eigenvalue weighted by atomic mass is 32.2. The van der Waals surface area contributed by atoms with Crippen LogP contribution in [-0.2, 0) is 34.8 Å². The second-order valence-electron chi connectivity index (χ2n) is 11.5. The van der Waals surface area contributed by atoms with E-state index < -0.39 is 113 Å². The van der Waals surface area contributed by atoms with Crippen LogP contribution in [0.2, 0.25) is 0 Å². The minimum Gasteiger partial charge on any atom is -0.504 e. The molecular formula is C28H43N5O12S. The Morgan fingerprint density at radius 1 is 1.15 bits per heavy atom. The Morgan fingerprint density at radius 3 is 2.30 bits per heavy atom. The molecule has 1 aromatic carbocycles. The normalized spacial score (nSPS) is 25.8. The highest BCUT2D eigenvalue weighted by Gasteiger charge is 2.44. The highest BCUT2D eigenvalue weighted by Crippen LogP contribution is 2.39. The Morgan fingerprint density at radius 2 is 1.78 bits per heavy atom. The molecule has 258 valence electrons. The number of nitrogens with two attached hydrogens (primary N) is 1. The van der Waals surface area contributed by atoms with E-state index in [1.54, 1.807) is 20.8 Å². The molecule has 11 N–H and O–H groups in total. The first-order valence-electron chi connectivity index (χ1n) is 14.4. The van der Waals surface area contributed by atoms with Gasteiger partial charge in [-0.3, -0.25) is 28.2 Å². The van der Waals surface area contributed by atoms with Gasteiger partial charge in [-0.05, 0) is 32.4 Å². The lowest BCUT2D eigenvalue weighted by molar-refractivity contribution is -0.141. The van der Waals surface area contributed by atoms with Gasteiger partial charge in [-0.2, -0.15) is 0 Å². The molecule has 1 unspecified atom stereocenters. The molecule has 0 aliphatic carbocycles. The van der Waals surface area contributed by atoms with Crippen LogP contribution < -0.4 is 31.7 Å². The quantitative estimate of drug-likeness (QED) is 0.111. The molecule has 8 atom stereocenters. The van der Waals surface area contributed by atoms with E-state index in [1.807, 2.05) is 0 Å². The molecule has 3 amide bonds. The maximum absolute atomic E-state index is 13.5. The number of hydrogen-bond acceptors (Lipinski definition) is 12. The van der Waals surface area contributed by atoms with Crippen molar-refractivity contribution in [1.82, 2.24) is 21.3 Å². The number of benzene rings is 1. The SMILES string of the molecule is CC[C@@]1(C)Oc2cc(c(S(=O)C[C@@H](O)C[C@H](N)C(=O)O)cc2O)[C@H](O)[C@H](NC)C(=O)N[C@@H](C(C)C)C(=O)N[C@H]1C(=O)NCC(=O)O. The number of phenols is 1. The van der Waals surface area contributed by atoms with Crippen LogP contribution in [0.5, 0.6) is 11.5 Å². The maximum Gasteiger partial charge on any atom is 0.322 e. The topological polar surface area (TPSA) is 287 Å². The van der Waals surface area contributed by atoms with Crippen molar-refractivity contribution >= 4 is 40.5 Å². The zero-order valence-electron chi connectivity index (χ0n) is 26.1. The number of aromatic hydroxyl groups is 1. The summed E-state index contributed by atoms with van der Waals surface area (Å²) in [6.07, 6.45) is -3.71. The lowest BCUT2D eigenvalue weighted by atomic mass is 9.91. The van der Waals surface area contributed by atoms with Crippen molar-refractivity contribution in [3.05, 3.63) is 17.7 Å². The fraction of sp³-hybridized carbons (Fsp3) is 0.607. The number of carbonyl (C=O) groups is 5. The summed E-state index contributed by atoms with van der Waals surface area (Å²) >= 11 is 0. The van der Waals surface area contributed by atoms with Crippen LogP contribution in [0, 0.1) is 5.92 Å². The molecule has 0 radical (unpaired) electrons. The second kappa shape index (κ2) is 16.1. The molecule has 2 rings (SSSR count). The fourth-order valence-corrected chi connectivity index (χ4v) is 6.12. The third-order valence-electron chi connectivity index (χ3n) is 7.62. The van der Waals surface area contributed by atoms with Crippen molar-refractivity contribution in [2.24, 2.45) is 11.7 Å². The maximum atomic E-state index is 13.5. The Balaban J connectivity index is 2.78. The molecule has 1 aliphatic heterocycles. The largest absolute Gasteiger partial charge is 0.504 e. The number of amides is 3. The number of rotatable bonds is 12. The van der Waals surface area contributed by atoms with E-state index in [4.69, 9.17) is 20.7 Å². The number of carbonyl (C=O) groups excluding carboxylic acids is 3. The monoisotopic (exact) mass is 673 g/mol. The van der Waals surface area contributed by atoms with Gasteiger partial charge in [0, 0.05) is 22.9 Å². The lowest BCUT2D eigenvalue weighted by Gasteiger charge is -2.38. The zero-order valence-corrected chi connectivity index (χ0v) is 26.9. The summed E-state index contributed by atoms with van der Waals surface area (Å²) in [5.41, 5.74) is 3.61. The minimum absolute atomic E-state index is 0.00266. The highest BCUT2D eigenvalue weighted by molar-refractivity contribution is 7.85. The molecule has 0 spiro atoms. The molecule has 1 heterocycles. The predicted molar refractivity (Wildman–Crippen MR) is 162 cm³/mol. The number of likely N-dealkylation sites (N-methyl/N-ethyl adjacent to an activating group) is 1. The smallest absolute Gasteiger partial charge is 0.322 e. The van der Waals surface area contributed by atoms with Crippen molar-refractivity contribution in [2.45, 2.75) is 87.4 Å². The van der Waals surface area contributed by atoms with Crippen LogP contribution >= 0.6 is 0 Å². The summed E-state index contributed by atoms with van der Waals surface area (Å²) in [7, 11) is -0.859. The number of ether oxygens (including phenoxy) is 1. The molecule has 0 saturated heterocycles. The van der Waals surface area contributed by atoms with E-state index in [0.29, 0.717) is 0 Å². The predicted octanol–water partition coefficient (Wildman–Crippen LogP) is -2.33. The Hall–Kier alpha value is -3.84. The molecular weight excluding hydrogens is 630 g/mol. The van der Waals surface area contributed by atoms with Gasteiger partial charge >= 0.3 is 11.9 Å². The van der Waals surface area contributed by atoms with Gasteiger partial charge in [-0.25, -0.2) is 0 Å². The average molecular weight is 674 g/mol. The minimum atomic E-state index is -2.21. The average Bonchev–Trinajstić information content (AvgIpc) is 2.97. The van der Waals surface area contributed by atoms with Crippen molar-refractivity contribution in [2.75, 3.05) is 19.3 Å². The van der Waals surface area contributed by atoms with E-state index in [-0.39, 0.29) is 22.6 Å². The van der Waals surface area contributed by atoms with E-state index in [2.05, 4.69) is 21.3 Å². The second-order valence-corrected chi connectivity index (χ2v) is 12.9. The standard InChI is InChI=1S/C28H43N5O12S/c1-6-28(4)23(26(41)31-10-19(36)37)33-24(39)20(12(2)3)32-25(40)21(30-5)22(38)14-8-17(45-28)16(35)9-18(14)46(44)11-13(34)7-15(29)27(42)43/h8-9,12-13,15,20-23,30,34-35,38H,6-7,10-11,29H2,1-5H3,(H,31,41)(H,32,40)(H,33,39)(H,36,37)(H,42,43)/t13-,15-,20-,21-,22-,23-,28+,46?/m0/s1. The van der Waals surface area contributed by atoms with Crippen molar-refractivity contribution in [1.29, 1.82) is 0 Å². The third-order valence-corrected chi connectivity index (χ3v) is 9.15. The van der Waals surface area contributed by atoms with Gasteiger partial charge in [-0.1, -0.05) is 20.8 Å². The van der Waals surface area contributed by atoms with Gasteiger partial charge in [0.2, 0.25) is 17.7 Å². The van der Waals surface area contributed by atoms with Crippen LogP contribution in [0.25, 0.3) is 0 Å². The van der Waals surface area contributed by atoms with E-state index in [9.17, 15) is 43.5 Å². The van der Waals surface area contributed by atoms with Gasteiger partial charge in [0.25, 0.3) is 0 Å². The fourth-order valence-electron chi connectivity index (χ4n) is 4.77. The summed E-state index contributed by atoms with van der Waals surface area (Å²) in [6.45, 7) is 5.46. The van der Waals surface area contributed by atoms with Crippen LogP contribution in [0.1, 0.15) is 52.2 Å². The van der Waals surface area contributed by atoms with Gasteiger partial charge < -0.3 is 57.3 Å². The van der Waals surface area contributed by atoms with Crippen molar-refractivity contribution < 1.29 is 58.5 Å². The van der Waals surface area contributed by atoms with E-state index in [1.165, 1.54) is 14.0 Å². The number of aliphatic hydroxyl groups excluding tert-OH is 2. The number of aliphatic carboxylic acids is 2. The Bertz CT molecular complexity index is 1340. The molecule has 17 nitrogen and oxygen atoms in total. The summed E-state index contributed by atoms with van der Waals surface area (Å²) in [4.78, 5) is 62.4.